The predicted molar refractivity (Wildman–Crippen MR) is 66.1 cm³/mol. The number of aryl methyl sites for hydroxylation is 2. The number of nitrogens with two attached hydrogens (primary N) is 1. The molecule has 1 atom stereocenters. The molecule has 0 saturated heterocycles. The van der Waals surface area contributed by atoms with Crippen LogP contribution in [0.1, 0.15) is 36.1 Å². The molecule has 0 radical (unpaired) electrons. The highest BCUT2D eigenvalue weighted by molar-refractivity contribution is 5.73. The summed E-state index contributed by atoms with van der Waals surface area (Å²) in [4.78, 5) is 10.6. The van der Waals surface area contributed by atoms with E-state index in [1.165, 1.54) is 16.7 Å². The van der Waals surface area contributed by atoms with Gasteiger partial charge in [0.05, 0.1) is 0 Å². The Bertz CT molecular complexity index is 374. The third-order valence-electron chi connectivity index (χ3n) is 2.72. The second-order valence-corrected chi connectivity index (χ2v) is 4.25. The van der Waals surface area contributed by atoms with E-state index in [2.05, 4.69) is 44.3 Å². The lowest BCUT2D eigenvalue weighted by molar-refractivity contribution is -0.117. The summed E-state index contributed by atoms with van der Waals surface area (Å²) in [5.74, 6) is -0.263. The Balaban J connectivity index is 2.61. The summed E-state index contributed by atoms with van der Waals surface area (Å²) >= 11 is 0. The Morgan fingerprint density at radius 1 is 1.44 bits per heavy atom. The van der Waals surface area contributed by atoms with E-state index in [1.807, 2.05) is 0 Å². The first-order chi connectivity index (χ1) is 7.50. The summed E-state index contributed by atoms with van der Waals surface area (Å²) < 4.78 is 0. The lowest BCUT2D eigenvalue weighted by atomic mass is 10.00. The van der Waals surface area contributed by atoms with Crippen LogP contribution in [0, 0.1) is 13.8 Å². The summed E-state index contributed by atoms with van der Waals surface area (Å²) in [6.45, 7) is 6.91. The highest BCUT2D eigenvalue weighted by Crippen LogP contribution is 2.18. The molecule has 1 unspecified atom stereocenters. The van der Waals surface area contributed by atoms with Crippen molar-refractivity contribution < 1.29 is 4.79 Å². The van der Waals surface area contributed by atoms with Gasteiger partial charge in [-0.15, -0.1) is 0 Å². The number of benzene rings is 1. The number of hydrogen-bond acceptors (Lipinski definition) is 2. The molecule has 3 nitrogen and oxygen atoms in total. The molecule has 1 aromatic carbocycles. The summed E-state index contributed by atoms with van der Waals surface area (Å²) in [6, 6.07) is 6.66. The van der Waals surface area contributed by atoms with Gasteiger partial charge in [0.1, 0.15) is 0 Å². The predicted octanol–water partition coefficient (Wildman–Crippen LogP) is 1.83. The van der Waals surface area contributed by atoms with Crippen molar-refractivity contribution in [2.75, 3.05) is 6.54 Å². The van der Waals surface area contributed by atoms with Crippen LogP contribution in [0.25, 0.3) is 0 Å². The third kappa shape index (κ3) is 3.66. The number of carbonyl (C=O) groups excluding carboxylic acids is 1. The molecule has 0 aromatic heterocycles. The quantitative estimate of drug-likeness (QED) is 0.795. The molecule has 0 heterocycles. The van der Waals surface area contributed by atoms with Crippen LogP contribution < -0.4 is 11.1 Å². The molecule has 0 fully saturated rings. The van der Waals surface area contributed by atoms with Crippen LogP contribution in [0.5, 0.6) is 0 Å². The minimum atomic E-state index is -0.263. The Kier molecular flexibility index (Phi) is 4.50. The zero-order valence-corrected chi connectivity index (χ0v) is 10.2. The van der Waals surface area contributed by atoms with E-state index in [1.54, 1.807) is 0 Å². The average molecular weight is 220 g/mol. The van der Waals surface area contributed by atoms with E-state index in [4.69, 9.17) is 5.73 Å². The molecule has 0 saturated carbocycles. The first kappa shape index (κ1) is 12.7. The maximum absolute atomic E-state index is 10.6. The van der Waals surface area contributed by atoms with Crippen molar-refractivity contribution in [1.82, 2.24) is 5.32 Å². The Hall–Kier alpha value is -1.35. The molecule has 0 spiro atoms. The molecule has 3 heteroatoms. The topological polar surface area (TPSA) is 55.1 Å². The minimum Gasteiger partial charge on any atom is -0.370 e. The molecule has 3 N–H and O–H groups in total. The van der Waals surface area contributed by atoms with E-state index in [0.717, 1.165) is 0 Å². The number of nitrogens with one attached hydrogen (secondary N) is 1. The van der Waals surface area contributed by atoms with Gasteiger partial charge in [-0.25, -0.2) is 0 Å². The monoisotopic (exact) mass is 220 g/mol. The number of primary amides is 1. The SMILES string of the molecule is Cc1ccc(C)c(C(C)NCCC(N)=O)c1. The lowest BCUT2D eigenvalue weighted by Crippen LogP contribution is -2.25. The average Bonchev–Trinajstić information content (AvgIpc) is 2.21. The summed E-state index contributed by atoms with van der Waals surface area (Å²) in [5.41, 5.74) is 8.90. The van der Waals surface area contributed by atoms with E-state index < -0.39 is 0 Å². The second kappa shape index (κ2) is 5.66. The molecule has 88 valence electrons. The van der Waals surface area contributed by atoms with Gasteiger partial charge in [-0.05, 0) is 31.9 Å². The van der Waals surface area contributed by atoms with Gasteiger partial charge in [-0.3, -0.25) is 4.79 Å². The largest absolute Gasteiger partial charge is 0.370 e. The number of rotatable bonds is 5. The van der Waals surface area contributed by atoms with Gasteiger partial charge in [0.25, 0.3) is 0 Å². The highest BCUT2D eigenvalue weighted by atomic mass is 16.1. The molecular weight excluding hydrogens is 200 g/mol. The zero-order valence-electron chi connectivity index (χ0n) is 10.2. The van der Waals surface area contributed by atoms with Crippen molar-refractivity contribution in [3.05, 3.63) is 34.9 Å². The Morgan fingerprint density at radius 2 is 2.12 bits per heavy atom. The van der Waals surface area contributed by atoms with E-state index >= 15 is 0 Å². The smallest absolute Gasteiger partial charge is 0.218 e. The fourth-order valence-electron chi connectivity index (χ4n) is 1.75. The van der Waals surface area contributed by atoms with Crippen LogP contribution in [0.4, 0.5) is 0 Å². The molecule has 0 aliphatic heterocycles. The molecule has 1 amide bonds. The van der Waals surface area contributed by atoms with Crippen molar-refractivity contribution in [3.8, 4) is 0 Å². The van der Waals surface area contributed by atoms with E-state index in [0.29, 0.717) is 13.0 Å². The van der Waals surface area contributed by atoms with E-state index in [9.17, 15) is 4.79 Å². The summed E-state index contributed by atoms with van der Waals surface area (Å²) in [6.07, 6.45) is 0.384. The van der Waals surface area contributed by atoms with Gasteiger partial charge in [-0.2, -0.15) is 0 Å². The molecule has 0 aliphatic rings. The minimum absolute atomic E-state index is 0.249. The van der Waals surface area contributed by atoms with Crippen molar-refractivity contribution in [1.29, 1.82) is 0 Å². The third-order valence-corrected chi connectivity index (χ3v) is 2.72. The highest BCUT2D eigenvalue weighted by Gasteiger charge is 2.08. The normalized spacial score (nSPS) is 12.4. The second-order valence-electron chi connectivity index (χ2n) is 4.25. The van der Waals surface area contributed by atoms with Crippen LogP contribution in [-0.2, 0) is 4.79 Å². The maximum Gasteiger partial charge on any atom is 0.218 e. The van der Waals surface area contributed by atoms with Gasteiger partial charge in [-0.1, -0.05) is 23.8 Å². The number of amides is 1. The number of carbonyl (C=O) groups is 1. The van der Waals surface area contributed by atoms with Gasteiger partial charge < -0.3 is 11.1 Å². The zero-order chi connectivity index (χ0) is 12.1. The first-order valence-corrected chi connectivity index (χ1v) is 5.59. The fraction of sp³-hybridized carbons (Fsp3) is 0.462. The number of hydrogen-bond donors (Lipinski definition) is 2. The Morgan fingerprint density at radius 3 is 2.75 bits per heavy atom. The van der Waals surface area contributed by atoms with Gasteiger partial charge in [0.2, 0.25) is 5.91 Å². The van der Waals surface area contributed by atoms with Crippen LogP contribution in [0.3, 0.4) is 0 Å². The lowest BCUT2D eigenvalue weighted by Gasteiger charge is -2.16. The molecule has 1 aromatic rings. The van der Waals surface area contributed by atoms with Crippen molar-refractivity contribution in [3.63, 3.8) is 0 Å². The standard InChI is InChI=1S/C13H20N2O/c1-9-4-5-10(2)12(8-9)11(3)15-7-6-13(14)16/h4-5,8,11,15H,6-7H2,1-3H3,(H2,14,16). The van der Waals surface area contributed by atoms with Crippen molar-refractivity contribution in [2.24, 2.45) is 5.73 Å². The molecule has 0 bridgehead atoms. The van der Waals surface area contributed by atoms with E-state index in [-0.39, 0.29) is 11.9 Å². The van der Waals surface area contributed by atoms with Gasteiger partial charge in [0.15, 0.2) is 0 Å². The fourth-order valence-corrected chi connectivity index (χ4v) is 1.75. The Labute approximate surface area is 97.0 Å². The van der Waals surface area contributed by atoms with Crippen molar-refractivity contribution in [2.45, 2.75) is 33.2 Å². The van der Waals surface area contributed by atoms with Crippen LogP contribution in [-0.4, -0.2) is 12.5 Å². The molecule has 0 aliphatic carbocycles. The first-order valence-electron chi connectivity index (χ1n) is 5.59. The van der Waals surface area contributed by atoms with Crippen LogP contribution in [0.2, 0.25) is 0 Å². The van der Waals surface area contributed by atoms with Gasteiger partial charge >= 0.3 is 0 Å². The molecule has 1 rings (SSSR count). The van der Waals surface area contributed by atoms with Crippen molar-refractivity contribution >= 4 is 5.91 Å². The van der Waals surface area contributed by atoms with Crippen LogP contribution >= 0.6 is 0 Å². The van der Waals surface area contributed by atoms with Crippen LogP contribution in [0.15, 0.2) is 18.2 Å². The molecular formula is C13H20N2O. The summed E-state index contributed by atoms with van der Waals surface area (Å²) in [7, 11) is 0. The summed E-state index contributed by atoms with van der Waals surface area (Å²) in [5, 5.41) is 3.30. The molecule has 16 heavy (non-hydrogen) atoms. The maximum atomic E-state index is 10.6. The van der Waals surface area contributed by atoms with Gasteiger partial charge in [0, 0.05) is 19.0 Å².